The van der Waals surface area contributed by atoms with Crippen LogP contribution < -0.4 is 0 Å². The maximum atomic E-state index is 11.6. The minimum Gasteiger partial charge on any atom is -0.396 e. The number of rotatable bonds is 7. The zero-order valence-electron chi connectivity index (χ0n) is 25.8. The summed E-state index contributed by atoms with van der Waals surface area (Å²) in [7, 11) is 0. The predicted molar refractivity (Wildman–Crippen MR) is 154 cm³/mol. The highest BCUT2D eigenvalue weighted by molar-refractivity contribution is 5.26. The summed E-state index contributed by atoms with van der Waals surface area (Å²) in [6, 6.07) is 0. The molecule has 0 bridgehead atoms. The molecule has 0 aromatic heterocycles. The van der Waals surface area contributed by atoms with Crippen LogP contribution in [-0.2, 0) is 14.2 Å². The van der Waals surface area contributed by atoms with Gasteiger partial charge in [0.1, 0.15) is 24.4 Å². The van der Waals surface area contributed by atoms with Crippen molar-refractivity contribution < 1.29 is 44.8 Å². The van der Waals surface area contributed by atoms with Crippen LogP contribution in [0, 0.1) is 46.3 Å². The lowest BCUT2D eigenvalue weighted by atomic mass is 9.47. The molecule has 3 saturated carbocycles. The van der Waals surface area contributed by atoms with Gasteiger partial charge in [0, 0.05) is 18.9 Å². The van der Waals surface area contributed by atoms with Crippen molar-refractivity contribution in [2.75, 3.05) is 13.2 Å². The van der Waals surface area contributed by atoms with Gasteiger partial charge in [-0.2, -0.15) is 0 Å². The van der Waals surface area contributed by atoms with Gasteiger partial charge in [-0.3, -0.25) is 0 Å². The molecule has 0 aromatic carbocycles. The van der Waals surface area contributed by atoms with E-state index in [0.29, 0.717) is 30.1 Å². The zero-order chi connectivity index (χ0) is 30.2. The average molecular weight is 595 g/mol. The molecule has 4 aliphatic carbocycles. The van der Waals surface area contributed by atoms with E-state index in [1.165, 1.54) is 12.0 Å². The Morgan fingerprint density at radius 1 is 1.05 bits per heavy atom. The Kier molecular flexibility index (Phi) is 8.45. The summed E-state index contributed by atoms with van der Waals surface area (Å²) in [5.41, 5.74) is 1.65. The third kappa shape index (κ3) is 4.85. The Balaban J connectivity index is 1.14. The number of fused-ring (bicyclic) bond motifs is 7. The van der Waals surface area contributed by atoms with E-state index in [-0.39, 0.29) is 41.5 Å². The quantitative estimate of drug-likeness (QED) is 0.245. The SMILES string of the molecule is CC(CO)CCC1(O)O[C@H]2C[C@H]3[C@@H]4CC=C5C[C@@H](O[C@@H]6O[C@H](CO)[C@@H](O)[C@H](O)[C@H]6O)CC[C@]5(C)[C@H]4CC[C@]3(C)[C@H]2[C@@H]1C. The summed E-state index contributed by atoms with van der Waals surface area (Å²) in [6.07, 6.45) is 4.35. The van der Waals surface area contributed by atoms with Crippen molar-refractivity contribution in [2.24, 2.45) is 46.3 Å². The van der Waals surface area contributed by atoms with Crippen molar-refractivity contribution in [3.05, 3.63) is 11.6 Å². The number of allylic oxidation sites excluding steroid dienone is 1. The molecule has 0 radical (unpaired) electrons. The molecule has 9 heteroatoms. The minimum atomic E-state index is -1.43. The summed E-state index contributed by atoms with van der Waals surface area (Å²) in [5.74, 6) is 1.21. The molecule has 5 fully saturated rings. The molecule has 0 amide bonds. The fraction of sp³-hybridized carbons (Fsp3) is 0.939. The molecular formula is C33H54O9. The Morgan fingerprint density at radius 2 is 1.81 bits per heavy atom. The number of hydrogen-bond donors (Lipinski definition) is 6. The highest BCUT2D eigenvalue weighted by atomic mass is 16.7. The normalized spacial score (nSPS) is 54.4. The van der Waals surface area contributed by atoms with Gasteiger partial charge >= 0.3 is 0 Å². The first-order valence-electron chi connectivity index (χ1n) is 16.5. The van der Waals surface area contributed by atoms with Gasteiger partial charge in [-0.25, -0.2) is 0 Å². The molecular weight excluding hydrogens is 540 g/mol. The van der Waals surface area contributed by atoms with Crippen LogP contribution in [0.25, 0.3) is 0 Å². The van der Waals surface area contributed by atoms with Gasteiger partial charge in [-0.05, 0) is 91.8 Å². The second-order valence-corrected chi connectivity index (χ2v) is 15.4. The molecule has 6 N–H and O–H groups in total. The van der Waals surface area contributed by atoms with E-state index in [4.69, 9.17) is 14.2 Å². The monoisotopic (exact) mass is 594 g/mol. The average Bonchev–Trinajstić information content (AvgIpc) is 3.40. The molecule has 6 rings (SSSR count). The topological polar surface area (TPSA) is 149 Å². The second kappa shape index (κ2) is 11.3. The van der Waals surface area contributed by atoms with E-state index >= 15 is 0 Å². The van der Waals surface area contributed by atoms with Crippen LogP contribution in [0.1, 0.15) is 85.5 Å². The Morgan fingerprint density at radius 3 is 2.52 bits per heavy atom. The number of aliphatic hydroxyl groups is 6. The van der Waals surface area contributed by atoms with Crippen molar-refractivity contribution in [3.63, 3.8) is 0 Å². The van der Waals surface area contributed by atoms with Crippen LogP contribution in [-0.4, -0.2) is 92.6 Å². The summed E-state index contributed by atoms with van der Waals surface area (Å²) in [4.78, 5) is 0. The van der Waals surface area contributed by atoms with Gasteiger partial charge in [-0.15, -0.1) is 0 Å². The Hall–Kier alpha value is -0.620. The fourth-order valence-corrected chi connectivity index (χ4v) is 10.6. The first-order chi connectivity index (χ1) is 19.9. The Labute approximate surface area is 250 Å². The van der Waals surface area contributed by atoms with E-state index in [1.54, 1.807) is 0 Å². The van der Waals surface area contributed by atoms with Gasteiger partial charge in [-0.1, -0.05) is 39.3 Å². The van der Waals surface area contributed by atoms with Gasteiger partial charge in [0.2, 0.25) is 0 Å². The largest absolute Gasteiger partial charge is 0.396 e. The van der Waals surface area contributed by atoms with Crippen LogP contribution in [0.4, 0.5) is 0 Å². The summed E-state index contributed by atoms with van der Waals surface area (Å²) >= 11 is 0. The third-order valence-electron chi connectivity index (χ3n) is 13.2. The Bertz CT molecular complexity index is 1020. The van der Waals surface area contributed by atoms with Crippen LogP contribution in [0.3, 0.4) is 0 Å². The standard InChI is InChI=1S/C33H54O9/c1-17(15-34)7-12-33(39)18(2)26-24(42-33)14-23-21-6-5-19-13-20(8-10-31(19,3)22(21)9-11-32(23,26)4)40-30-29(38)28(37)27(36)25(16-35)41-30/h5,17-18,20-30,34-39H,6-16H2,1-4H3/t17?,18-,20-,21+,22-,23-,24-,25+,26-,27+,28-,29+,30+,31-,32-,33?/m0/s1. The first-order valence-corrected chi connectivity index (χ1v) is 16.5. The molecule has 2 unspecified atom stereocenters. The van der Waals surface area contributed by atoms with Gasteiger partial charge in [0.15, 0.2) is 12.1 Å². The van der Waals surface area contributed by atoms with Crippen LogP contribution >= 0.6 is 0 Å². The first kappa shape index (κ1) is 31.4. The number of aliphatic hydroxyl groups excluding tert-OH is 5. The summed E-state index contributed by atoms with van der Waals surface area (Å²) < 4.78 is 18.4. The zero-order valence-corrected chi connectivity index (χ0v) is 25.8. The maximum Gasteiger partial charge on any atom is 0.186 e. The molecule has 2 saturated heterocycles. The van der Waals surface area contributed by atoms with Crippen LogP contribution in [0.2, 0.25) is 0 Å². The maximum absolute atomic E-state index is 11.6. The van der Waals surface area contributed by atoms with Crippen molar-refractivity contribution in [2.45, 2.75) is 134 Å². The number of ether oxygens (including phenoxy) is 3. The van der Waals surface area contributed by atoms with E-state index in [0.717, 1.165) is 44.9 Å². The molecule has 2 heterocycles. The minimum absolute atomic E-state index is 0.0697. The second-order valence-electron chi connectivity index (χ2n) is 15.4. The lowest BCUT2D eigenvalue weighted by Gasteiger charge is -2.58. The molecule has 42 heavy (non-hydrogen) atoms. The molecule has 9 nitrogen and oxygen atoms in total. The third-order valence-corrected chi connectivity index (χ3v) is 13.2. The van der Waals surface area contributed by atoms with E-state index in [1.807, 2.05) is 6.92 Å². The van der Waals surface area contributed by atoms with Gasteiger partial charge < -0.3 is 44.8 Å². The molecule has 0 spiro atoms. The lowest BCUT2D eigenvalue weighted by Crippen LogP contribution is -2.60. The van der Waals surface area contributed by atoms with Crippen molar-refractivity contribution in [1.29, 1.82) is 0 Å². The summed E-state index contributed by atoms with van der Waals surface area (Å²) in [5, 5.41) is 61.4. The van der Waals surface area contributed by atoms with Crippen molar-refractivity contribution in [1.82, 2.24) is 0 Å². The van der Waals surface area contributed by atoms with Crippen molar-refractivity contribution in [3.8, 4) is 0 Å². The van der Waals surface area contributed by atoms with Crippen molar-refractivity contribution >= 4 is 0 Å². The van der Waals surface area contributed by atoms with E-state index in [2.05, 4.69) is 26.8 Å². The smallest absolute Gasteiger partial charge is 0.186 e. The highest BCUT2D eigenvalue weighted by Gasteiger charge is 2.67. The van der Waals surface area contributed by atoms with Crippen LogP contribution in [0.15, 0.2) is 11.6 Å². The molecule has 16 atom stereocenters. The van der Waals surface area contributed by atoms with E-state index < -0.39 is 43.1 Å². The van der Waals surface area contributed by atoms with Crippen LogP contribution in [0.5, 0.6) is 0 Å². The molecule has 6 aliphatic rings. The highest BCUT2D eigenvalue weighted by Crippen LogP contribution is 2.70. The van der Waals surface area contributed by atoms with Gasteiger partial charge in [0.25, 0.3) is 0 Å². The fourth-order valence-electron chi connectivity index (χ4n) is 10.6. The van der Waals surface area contributed by atoms with Gasteiger partial charge in [0.05, 0.1) is 18.8 Å². The summed E-state index contributed by atoms with van der Waals surface area (Å²) in [6.45, 7) is 8.77. The lowest BCUT2D eigenvalue weighted by molar-refractivity contribution is -0.313. The predicted octanol–water partition coefficient (Wildman–Crippen LogP) is 2.49. The number of hydrogen-bond acceptors (Lipinski definition) is 9. The molecule has 240 valence electrons. The molecule has 0 aromatic rings. The van der Waals surface area contributed by atoms with E-state index in [9.17, 15) is 30.6 Å². The molecule has 2 aliphatic heterocycles.